The van der Waals surface area contributed by atoms with Gasteiger partial charge in [0.1, 0.15) is 0 Å². The monoisotopic (exact) mass is 301 g/mol. The minimum absolute atomic E-state index is 0.319. The average Bonchev–Trinajstić information content (AvgIpc) is 2.37. The van der Waals surface area contributed by atoms with Crippen LogP contribution in [0.2, 0.25) is 0 Å². The second-order valence-electron chi connectivity index (χ2n) is 5.27. The quantitative estimate of drug-likeness (QED) is 0.868. The van der Waals surface area contributed by atoms with Crippen LogP contribution in [0.4, 0.5) is 5.69 Å². The predicted molar refractivity (Wildman–Crippen MR) is 79.6 cm³/mol. The lowest BCUT2D eigenvalue weighted by Crippen LogP contribution is -2.21. The Morgan fingerprint density at radius 3 is 2.47 bits per heavy atom. The number of benzene rings is 1. The van der Waals surface area contributed by atoms with Crippen molar-refractivity contribution < 1.29 is 8.42 Å². The van der Waals surface area contributed by atoms with Crippen LogP contribution in [-0.2, 0) is 9.84 Å². The van der Waals surface area contributed by atoms with E-state index in [1.54, 1.807) is 12.1 Å². The molecule has 0 unspecified atom stereocenters. The maximum Gasteiger partial charge on any atom is 0.177 e. The van der Waals surface area contributed by atoms with Gasteiger partial charge in [0.05, 0.1) is 10.6 Å². The van der Waals surface area contributed by atoms with Crippen LogP contribution in [0.5, 0.6) is 0 Å². The van der Waals surface area contributed by atoms with E-state index in [9.17, 15) is 8.42 Å². The molecular formula is C14H20ClNO2S. The third-order valence-corrected chi connectivity index (χ3v) is 5.24. The van der Waals surface area contributed by atoms with E-state index in [1.165, 1.54) is 6.26 Å². The van der Waals surface area contributed by atoms with E-state index in [2.05, 4.69) is 5.32 Å². The number of hydrogen-bond acceptors (Lipinski definition) is 3. The van der Waals surface area contributed by atoms with Gasteiger partial charge in [-0.25, -0.2) is 8.42 Å². The highest BCUT2D eigenvalue weighted by molar-refractivity contribution is 7.90. The maximum absolute atomic E-state index is 11.7. The second-order valence-corrected chi connectivity index (χ2v) is 7.87. The summed E-state index contributed by atoms with van der Waals surface area (Å²) in [6.07, 6.45) is 5.58. The lowest BCUT2D eigenvalue weighted by Gasteiger charge is -2.25. The zero-order valence-corrected chi connectivity index (χ0v) is 12.7. The smallest absolute Gasteiger partial charge is 0.177 e. The van der Waals surface area contributed by atoms with E-state index < -0.39 is 9.84 Å². The SMILES string of the molecule is CS(=O)(=O)c1ccccc1NCC1CCC(Cl)CC1. The van der Waals surface area contributed by atoms with Crippen molar-refractivity contribution in [1.29, 1.82) is 0 Å². The molecule has 0 saturated heterocycles. The molecule has 19 heavy (non-hydrogen) atoms. The van der Waals surface area contributed by atoms with Crippen molar-refractivity contribution in [1.82, 2.24) is 0 Å². The molecule has 0 aromatic heterocycles. The molecule has 0 aliphatic heterocycles. The van der Waals surface area contributed by atoms with Crippen molar-refractivity contribution in [3.05, 3.63) is 24.3 Å². The summed E-state index contributed by atoms with van der Waals surface area (Å²) in [6.45, 7) is 0.816. The zero-order valence-electron chi connectivity index (χ0n) is 11.1. The van der Waals surface area contributed by atoms with Gasteiger partial charge in [0.2, 0.25) is 0 Å². The fourth-order valence-electron chi connectivity index (χ4n) is 2.52. The average molecular weight is 302 g/mol. The molecule has 0 atom stereocenters. The summed E-state index contributed by atoms with van der Waals surface area (Å²) in [4.78, 5) is 0.376. The minimum atomic E-state index is -3.18. The Morgan fingerprint density at radius 1 is 1.21 bits per heavy atom. The van der Waals surface area contributed by atoms with E-state index in [0.717, 1.165) is 32.2 Å². The summed E-state index contributed by atoms with van der Waals surface area (Å²) in [5, 5.41) is 3.60. The Bertz CT molecular complexity index is 522. The van der Waals surface area contributed by atoms with Gasteiger partial charge >= 0.3 is 0 Å². The highest BCUT2D eigenvalue weighted by Crippen LogP contribution is 2.28. The molecule has 1 saturated carbocycles. The number of anilines is 1. The summed E-state index contributed by atoms with van der Waals surface area (Å²) >= 11 is 6.08. The van der Waals surface area contributed by atoms with Gasteiger partial charge < -0.3 is 5.32 Å². The number of halogens is 1. The summed E-state index contributed by atoms with van der Waals surface area (Å²) in [6, 6.07) is 7.07. The first-order valence-electron chi connectivity index (χ1n) is 6.64. The molecule has 0 spiro atoms. The van der Waals surface area contributed by atoms with Crippen LogP contribution in [0, 0.1) is 5.92 Å². The number of hydrogen-bond donors (Lipinski definition) is 1. The van der Waals surface area contributed by atoms with Crippen LogP contribution in [0.3, 0.4) is 0 Å². The van der Waals surface area contributed by atoms with Crippen LogP contribution < -0.4 is 5.32 Å². The first-order chi connectivity index (χ1) is 8.97. The zero-order chi connectivity index (χ0) is 13.9. The second kappa shape index (κ2) is 6.14. The highest BCUT2D eigenvalue weighted by Gasteiger charge is 2.20. The van der Waals surface area contributed by atoms with Gasteiger partial charge in [-0.1, -0.05) is 12.1 Å². The summed E-state index contributed by atoms with van der Waals surface area (Å²) < 4.78 is 23.4. The number of nitrogens with one attached hydrogen (secondary N) is 1. The van der Waals surface area contributed by atoms with E-state index >= 15 is 0 Å². The highest BCUT2D eigenvalue weighted by atomic mass is 35.5. The first kappa shape index (κ1) is 14.7. The molecule has 2 rings (SSSR count). The van der Waals surface area contributed by atoms with Crippen LogP contribution in [0.1, 0.15) is 25.7 Å². The normalized spacial score (nSPS) is 24.1. The van der Waals surface area contributed by atoms with Crippen LogP contribution in [0.15, 0.2) is 29.2 Å². The van der Waals surface area contributed by atoms with Crippen molar-refractivity contribution >= 4 is 27.1 Å². The number of sulfone groups is 1. The van der Waals surface area contributed by atoms with Crippen molar-refractivity contribution in [2.24, 2.45) is 5.92 Å². The Morgan fingerprint density at radius 2 is 1.84 bits per heavy atom. The Balaban J connectivity index is 2.00. The summed E-state index contributed by atoms with van der Waals surface area (Å²) in [5.74, 6) is 0.586. The lowest BCUT2D eigenvalue weighted by molar-refractivity contribution is 0.378. The van der Waals surface area contributed by atoms with Crippen molar-refractivity contribution in [3.63, 3.8) is 0 Å². The van der Waals surface area contributed by atoms with Gasteiger partial charge in [-0.2, -0.15) is 0 Å². The van der Waals surface area contributed by atoms with Crippen molar-refractivity contribution in [2.75, 3.05) is 18.1 Å². The number of rotatable bonds is 4. The lowest BCUT2D eigenvalue weighted by atomic mass is 9.89. The van der Waals surface area contributed by atoms with E-state index in [4.69, 9.17) is 11.6 Å². The molecular weight excluding hydrogens is 282 g/mol. The maximum atomic E-state index is 11.7. The number of para-hydroxylation sites is 1. The first-order valence-corrected chi connectivity index (χ1v) is 8.96. The van der Waals surface area contributed by atoms with Gasteiger partial charge in [-0.05, 0) is 43.7 Å². The largest absolute Gasteiger partial charge is 0.384 e. The van der Waals surface area contributed by atoms with Crippen LogP contribution >= 0.6 is 11.6 Å². The van der Waals surface area contributed by atoms with Gasteiger partial charge in [-0.3, -0.25) is 0 Å². The van der Waals surface area contributed by atoms with Crippen LogP contribution in [0.25, 0.3) is 0 Å². The molecule has 1 N–H and O–H groups in total. The molecule has 0 bridgehead atoms. The molecule has 0 heterocycles. The van der Waals surface area contributed by atoms with E-state index in [-0.39, 0.29) is 0 Å². The molecule has 1 aromatic rings. The molecule has 1 aliphatic carbocycles. The third kappa shape index (κ3) is 4.11. The van der Waals surface area contributed by atoms with Gasteiger partial charge in [0, 0.05) is 18.2 Å². The number of alkyl halides is 1. The van der Waals surface area contributed by atoms with Crippen LogP contribution in [-0.4, -0.2) is 26.6 Å². The summed E-state index contributed by atoms with van der Waals surface area (Å²) in [7, 11) is -3.18. The molecule has 1 aliphatic rings. The Hall–Kier alpha value is -0.740. The molecule has 106 valence electrons. The molecule has 0 amide bonds. The third-order valence-electron chi connectivity index (χ3n) is 3.64. The van der Waals surface area contributed by atoms with Crippen molar-refractivity contribution in [3.8, 4) is 0 Å². The molecule has 3 nitrogen and oxygen atoms in total. The molecule has 1 aromatic carbocycles. The standard InChI is InChI=1S/C14H20ClNO2S/c1-19(17,18)14-5-3-2-4-13(14)16-10-11-6-8-12(15)9-7-11/h2-5,11-12,16H,6-10H2,1H3. The fourth-order valence-corrected chi connectivity index (χ4v) is 3.63. The molecule has 5 heteroatoms. The topological polar surface area (TPSA) is 46.2 Å². The fraction of sp³-hybridized carbons (Fsp3) is 0.571. The molecule has 0 radical (unpaired) electrons. The van der Waals surface area contributed by atoms with Crippen molar-refractivity contribution in [2.45, 2.75) is 36.0 Å². The van der Waals surface area contributed by atoms with Gasteiger partial charge in [0.25, 0.3) is 0 Å². The van der Waals surface area contributed by atoms with E-state index in [1.807, 2.05) is 12.1 Å². The summed E-state index contributed by atoms with van der Waals surface area (Å²) in [5.41, 5.74) is 0.706. The predicted octanol–water partition coefficient (Wildman–Crippen LogP) is 3.30. The van der Waals surface area contributed by atoms with E-state index in [0.29, 0.717) is 21.9 Å². The minimum Gasteiger partial charge on any atom is -0.384 e. The Kier molecular flexibility index (Phi) is 4.74. The molecule has 1 fully saturated rings. The Labute approximate surface area is 120 Å². The van der Waals surface area contributed by atoms with Gasteiger partial charge in [-0.15, -0.1) is 11.6 Å². The van der Waals surface area contributed by atoms with Gasteiger partial charge in [0.15, 0.2) is 9.84 Å².